The first kappa shape index (κ1) is 14.3. The number of hydrogen-bond acceptors (Lipinski definition) is 3. The Bertz CT molecular complexity index is 753. The van der Waals surface area contributed by atoms with Crippen LogP contribution in [-0.4, -0.2) is 19.6 Å². The van der Waals surface area contributed by atoms with Gasteiger partial charge in [0.15, 0.2) is 0 Å². The monoisotopic (exact) mass is 303 g/mol. The van der Waals surface area contributed by atoms with E-state index in [1.54, 1.807) is 24.3 Å². The van der Waals surface area contributed by atoms with Crippen molar-refractivity contribution in [3.63, 3.8) is 0 Å². The highest BCUT2D eigenvalue weighted by molar-refractivity contribution is 7.89. The SMILES string of the molecule is Cc1ccc(S(=O)(=O)N[C@H]2Cc3ccccc3[C@@H]2O)cc1. The number of aliphatic hydroxyl groups excluding tert-OH is 1. The number of sulfonamides is 1. The Kier molecular flexibility index (Phi) is 3.57. The maximum atomic E-state index is 12.4. The first-order valence-electron chi connectivity index (χ1n) is 6.82. The van der Waals surface area contributed by atoms with Crippen LogP contribution >= 0.6 is 0 Å². The summed E-state index contributed by atoms with van der Waals surface area (Å²) in [5.74, 6) is 0. The van der Waals surface area contributed by atoms with Crippen molar-refractivity contribution >= 4 is 10.0 Å². The summed E-state index contributed by atoms with van der Waals surface area (Å²) in [6.45, 7) is 1.90. The van der Waals surface area contributed by atoms with Crippen molar-refractivity contribution in [2.75, 3.05) is 0 Å². The Labute approximate surface area is 124 Å². The Morgan fingerprint density at radius 2 is 1.76 bits per heavy atom. The molecule has 0 bridgehead atoms. The predicted octanol–water partition coefficient (Wildman–Crippen LogP) is 1.93. The van der Waals surface area contributed by atoms with Crippen molar-refractivity contribution in [1.29, 1.82) is 0 Å². The van der Waals surface area contributed by atoms with E-state index in [-0.39, 0.29) is 4.90 Å². The lowest BCUT2D eigenvalue weighted by molar-refractivity contribution is 0.152. The van der Waals surface area contributed by atoms with E-state index in [4.69, 9.17) is 0 Å². The van der Waals surface area contributed by atoms with Crippen molar-refractivity contribution in [1.82, 2.24) is 4.72 Å². The highest BCUT2D eigenvalue weighted by Crippen LogP contribution is 2.31. The van der Waals surface area contributed by atoms with Crippen molar-refractivity contribution in [3.05, 3.63) is 65.2 Å². The number of benzene rings is 2. The van der Waals surface area contributed by atoms with E-state index in [1.165, 1.54) is 0 Å². The normalized spacial score (nSPS) is 21.2. The van der Waals surface area contributed by atoms with Crippen LogP contribution in [0.3, 0.4) is 0 Å². The predicted molar refractivity (Wildman–Crippen MR) is 80.4 cm³/mol. The Balaban J connectivity index is 1.83. The fraction of sp³-hybridized carbons (Fsp3) is 0.250. The fourth-order valence-electron chi connectivity index (χ4n) is 2.66. The van der Waals surface area contributed by atoms with Crippen molar-refractivity contribution in [3.8, 4) is 0 Å². The number of nitrogens with one attached hydrogen (secondary N) is 1. The van der Waals surface area contributed by atoms with E-state index in [0.29, 0.717) is 6.42 Å². The van der Waals surface area contributed by atoms with Crippen LogP contribution in [0.4, 0.5) is 0 Å². The fourth-order valence-corrected chi connectivity index (χ4v) is 3.91. The zero-order valence-corrected chi connectivity index (χ0v) is 12.5. The minimum absolute atomic E-state index is 0.219. The van der Waals surface area contributed by atoms with Crippen LogP contribution in [0.15, 0.2) is 53.4 Å². The van der Waals surface area contributed by atoms with Crippen LogP contribution in [0.25, 0.3) is 0 Å². The molecule has 0 spiro atoms. The minimum Gasteiger partial charge on any atom is -0.387 e. The maximum absolute atomic E-state index is 12.4. The number of aryl methyl sites for hydroxylation is 1. The lowest BCUT2D eigenvalue weighted by Gasteiger charge is -2.17. The molecule has 2 aromatic rings. The molecule has 0 amide bonds. The van der Waals surface area contributed by atoms with Crippen molar-refractivity contribution in [2.24, 2.45) is 0 Å². The minimum atomic E-state index is -3.62. The van der Waals surface area contributed by atoms with Gasteiger partial charge in [0.2, 0.25) is 10.0 Å². The highest BCUT2D eigenvalue weighted by atomic mass is 32.2. The van der Waals surface area contributed by atoms with Gasteiger partial charge in [-0.2, -0.15) is 0 Å². The Morgan fingerprint density at radius 3 is 2.43 bits per heavy atom. The van der Waals surface area contributed by atoms with E-state index in [2.05, 4.69) is 4.72 Å². The van der Waals surface area contributed by atoms with Gasteiger partial charge in [-0.05, 0) is 36.6 Å². The molecule has 1 aliphatic rings. The maximum Gasteiger partial charge on any atom is 0.240 e. The summed E-state index contributed by atoms with van der Waals surface area (Å²) in [6.07, 6.45) is -0.302. The number of aliphatic hydroxyl groups is 1. The topological polar surface area (TPSA) is 66.4 Å². The van der Waals surface area contributed by atoms with Gasteiger partial charge < -0.3 is 5.11 Å². The van der Waals surface area contributed by atoms with Gasteiger partial charge >= 0.3 is 0 Å². The van der Waals surface area contributed by atoms with Crippen LogP contribution in [0, 0.1) is 6.92 Å². The van der Waals surface area contributed by atoms with Crippen LogP contribution < -0.4 is 4.72 Å². The average Bonchev–Trinajstić information content (AvgIpc) is 2.76. The summed E-state index contributed by atoms with van der Waals surface area (Å²) in [5.41, 5.74) is 2.79. The van der Waals surface area contributed by atoms with Gasteiger partial charge in [0, 0.05) is 0 Å². The average molecular weight is 303 g/mol. The van der Waals surface area contributed by atoms with Crippen LogP contribution in [0.2, 0.25) is 0 Å². The summed E-state index contributed by atoms with van der Waals surface area (Å²) in [7, 11) is -3.62. The lowest BCUT2D eigenvalue weighted by Crippen LogP contribution is -2.37. The third-order valence-corrected chi connectivity index (χ3v) is 5.34. The molecule has 4 nitrogen and oxygen atoms in total. The van der Waals surface area contributed by atoms with E-state index in [0.717, 1.165) is 16.7 Å². The number of hydrogen-bond donors (Lipinski definition) is 2. The van der Waals surface area contributed by atoms with Crippen LogP contribution in [0.1, 0.15) is 22.8 Å². The third-order valence-electron chi connectivity index (χ3n) is 3.83. The van der Waals surface area contributed by atoms with Gasteiger partial charge in [-0.3, -0.25) is 0 Å². The Hall–Kier alpha value is -1.69. The molecule has 110 valence electrons. The van der Waals surface area contributed by atoms with E-state index >= 15 is 0 Å². The van der Waals surface area contributed by atoms with Gasteiger partial charge in [0.1, 0.15) is 0 Å². The molecule has 3 rings (SSSR count). The van der Waals surface area contributed by atoms with E-state index in [9.17, 15) is 13.5 Å². The van der Waals surface area contributed by atoms with Gasteiger partial charge in [-0.15, -0.1) is 0 Å². The van der Waals surface area contributed by atoms with E-state index in [1.807, 2.05) is 31.2 Å². The highest BCUT2D eigenvalue weighted by Gasteiger charge is 2.33. The molecule has 0 fully saturated rings. The summed E-state index contributed by atoms with van der Waals surface area (Å²) in [6, 6.07) is 13.6. The summed E-state index contributed by atoms with van der Waals surface area (Å²) < 4.78 is 27.4. The van der Waals surface area contributed by atoms with Gasteiger partial charge in [0.25, 0.3) is 0 Å². The quantitative estimate of drug-likeness (QED) is 0.910. The molecule has 0 heterocycles. The lowest BCUT2D eigenvalue weighted by atomic mass is 10.1. The zero-order chi connectivity index (χ0) is 15.0. The standard InChI is InChI=1S/C16H17NO3S/c1-11-6-8-13(9-7-11)21(19,20)17-15-10-12-4-2-3-5-14(12)16(15)18/h2-9,15-18H,10H2,1H3/t15-,16-/m0/s1. The van der Waals surface area contributed by atoms with E-state index < -0.39 is 22.2 Å². The largest absolute Gasteiger partial charge is 0.387 e. The summed E-state index contributed by atoms with van der Waals surface area (Å²) in [5, 5.41) is 10.3. The molecule has 2 aromatic carbocycles. The van der Waals surface area contributed by atoms with Gasteiger partial charge in [-0.1, -0.05) is 42.0 Å². The molecule has 21 heavy (non-hydrogen) atoms. The van der Waals surface area contributed by atoms with Crippen molar-refractivity contribution < 1.29 is 13.5 Å². The summed E-state index contributed by atoms with van der Waals surface area (Å²) in [4.78, 5) is 0.219. The third kappa shape index (κ3) is 2.72. The first-order chi connectivity index (χ1) is 9.97. The zero-order valence-electron chi connectivity index (χ0n) is 11.7. The molecule has 5 heteroatoms. The molecule has 2 atom stereocenters. The molecule has 0 radical (unpaired) electrons. The number of fused-ring (bicyclic) bond motifs is 1. The second-order valence-corrected chi connectivity index (χ2v) is 7.10. The molecule has 0 unspecified atom stereocenters. The van der Waals surface area contributed by atoms with Gasteiger partial charge in [0.05, 0.1) is 17.0 Å². The Morgan fingerprint density at radius 1 is 1.10 bits per heavy atom. The van der Waals surface area contributed by atoms with Crippen LogP contribution in [-0.2, 0) is 16.4 Å². The summed E-state index contributed by atoms with van der Waals surface area (Å²) >= 11 is 0. The molecular weight excluding hydrogens is 286 g/mol. The van der Waals surface area contributed by atoms with Crippen molar-refractivity contribution in [2.45, 2.75) is 30.4 Å². The smallest absolute Gasteiger partial charge is 0.240 e. The molecule has 0 saturated heterocycles. The molecule has 2 N–H and O–H groups in total. The molecule has 1 aliphatic carbocycles. The molecule has 0 saturated carbocycles. The second kappa shape index (κ2) is 5.26. The number of rotatable bonds is 3. The van der Waals surface area contributed by atoms with Crippen LogP contribution in [0.5, 0.6) is 0 Å². The molecular formula is C16H17NO3S. The molecule has 0 aliphatic heterocycles. The molecule has 0 aromatic heterocycles. The second-order valence-electron chi connectivity index (χ2n) is 5.39. The first-order valence-corrected chi connectivity index (χ1v) is 8.30. The van der Waals surface area contributed by atoms with Gasteiger partial charge in [-0.25, -0.2) is 13.1 Å².